The van der Waals surface area contributed by atoms with E-state index < -0.39 is 0 Å². The largest absolute Gasteiger partial charge is 0.303 e. The molecule has 0 aromatic heterocycles. The molecule has 0 aromatic carbocycles. The van der Waals surface area contributed by atoms with Crippen LogP contribution in [0.1, 0.15) is 20.3 Å². The molecule has 0 amide bonds. The Morgan fingerprint density at radius 2 is 1.89 bits per heavy atom. The van der Waals surface area contributed by atoms with E-state index in [1.165, 1.54) is 0 Å². The normalized spacial score (nSPS) is 11.6. The van der Waals surface area contributed by atoms with Gasteiger partial charge in [-0.2, -0.15) is 5.26 Å². The van der Waals surface area contributed by atoms with Crippen LogP contribution in [0.3, 0.4) is 0 Å². The van der Waals surface area contributed by atoms with Gasteiger partial charge in [0, 0.05) is 5.54 Å². The summed E-state index contributed by atoms with van der Waals surface area (Å²) < 4.78 is 0. The van der Waals surface area contributed by atoms with Gasteiger partial charge >= 0.3 is 0 Å². The van der Waals surface area contributed by atoms with Gasteiger partial charge in [0.05, 0.1) is 12.5 Å². The molecule has 0 spiro atoms. The van der Waals surface area contributed by atoms with Crippen LogP contribution in [0.15, 0.2) is 0 Å². The van der Waals surface area contributed by atoms with E-state index >= 15 is 0 Å². The Balaban J connectivity index is 3.89. The highest BCUT2D eigenvalue weighted by Crippen LogP contribution is 2.12. The third-order valence-electron chi connectivity index (χ3n) is 1.72. The second kappa shape index (κ2) is 2.84. The summed E-state index contributed by atoms with van der Waals surface area (Å²) in [6, 6.07) is 2.15. The molecule has 52 valence electrons. The van der Waals surface area contributed by atoms with Crippen LogP contribution in [0.25, 0.3) is 0 Å². The molecule has 0 rings (SSSR count). The Morgan fingerprint density at radius 1 is 1.44 bits per heavy atom. The molecule has 0 saturated heterocycles. The van der Waals surface area contributed by atoms with E-state index in [1.54, 1.807) is 0 Å². The molecule has 0 N–H and O–H groups in total. The zero-order valence-electron chi connectivity index (χ0n) is 6.60. The van der Waals surface area contributed by atoms with E-state index in [2.05, 4.69) is 24.8 Å². The van der Waals surface area contributed by atoms with Crippen molar-refractivity contribution in [1.82, 2.24) is 4.90 Å². The maximum atomic E-state index is 8.37. The van der Waals surface area contributed by atoms with Gasteiger partial charge in [-0.1, -0.05) is 0 Å². The number of nitriles is 1. The van der Waals surface area contributed by atoms with Gasteiger partial charge in [-0.15, -0.1) is 0 Å². The molecule has 9 heavy (non-hydrogen) atoms. The minimum atomic E-state index is 0.0226. The van der Waals surface area contributed by atoms with Crippen molar-refractivity contribution < 1.29 is 0 Å². The third-order valence-corrected chi connectivity index (χ3v) is 1.72. The first-order chi connectivity index (χ1) is 4.00. The Morgan fingerprint density at radius 3 is 2.00 bits per heavy atom. The maximum Gasteiger partial charge on any atom is 0.0641 e. The van der Waals surface area contributed by atoms with Crippen molar-refractivity contribution in [3.8, 4) is 6.07 Å². The average Bonchev–Trinajstić information content (AvgIpc) is 1.65. The van der Waals surface area contributed by atoms with Crippen molar-refractivity contribution in [2.45, 2.75) is 25.8 Å². The van der Waals surface area contributed by atoms with E-state index in [9.17, 15) is 0 Å². The molecule has 0 fully saturated rings. The van der Waals surface area contributed by atoms with Crippen LogP contribution in [-0.4, -0.2) is 24.5 Å². The predicted octanol–water partition coefficient (Wildman–Crippen LogP) is 1.24. The standard InChI is InChI=1S/C7H14N2/c1-7(2,5-6-8)9(3)4/h5H2,1-4H3. The summed E-state index contributed by atoms with van der Waals surface area (Å²) in [6.07, 6.45) is 0.583. The Kier molecular flexibility index (Phi) is 2.66. The van der Waals surface area contributed by atoms with Crippen LogP contribution in [0.5, 0.6) is 0 Å². The Hall–Kier alpha value is -0.550. The fourth-order valence-corrected chi connectivity index (χ4v) is 0.352. The zero-order valence-corrected chi connectivity index (χ0v) is 6.60. The number of hydrogen-bond donors (Lipinski definition) is 0. The van der Waals surface area contributed by atoms with Gasteiger partial charge in [-0.25, -0.2) is 0 Å². The predicted molar refractivity (Wildman–Crippen MR) is 38.0 cm³/mol. The van der Waals surface area contributed by atoms with Crippen molar-refractivity contribution in [3.63, 3.8) is 0 Å². The molecule has 2 nitrogen and oxygen atoms in total. The Labute approximate surface area is 57.1 Å². The second-order valence-corrected chi connectivity index (χ2v) is 3.04. The van der Waals surface area contributed by atoms with Crippen molar-refractivity contribution >= 4 is 0 Å². The number of rotatable bonds is 2. The monoisotopic (exact) mass is 126 g/mol. The lowest BCUT2D eigenvalue weighted by atomic mass is 10.0. The fraction of sp³-hybridized carbons (Fsp3) is 0.857. The van der Waals surface area contributed by atoms with Crippen molar-refractivity contribution in [1.29, 1.82) is 5.26 Å². The summed E-state index contributed by atoms with van der Waals surface area (Å²) in [6.45, 7) is 4.10. The molecule has 0 heterocycles. The molecule has 2 heteroatoms. The van der Waals surface area contributed by atoms with E-state index in [0.717, 1.165) is 0 Å². The molecular formula is C7H14N2. The molecular weight excluding hydrogens is 112 g/mol. The molecule has 0 unspecified atom stereocenters. The zero-order chi connectivity index (χ0) is 7.49. The first-order valence-electron chi connectivity index (χ1n) is 3.05. The van der Waals surface area contributed by atoms with Crippen LogP contribution >= 0.6 is 0 Å². The summed E-state index contributed by atoms with van der Waals surface area (Å²) >= 11 is 0. The number of hydrogen-bond acceptors (Lipinski definition) is 2. The van der Waals surface area contributed by atoms with Crippen LogP contribution in [-0.2, 0) is 0 Å². The lowest BCUT2D eigenvalue weighted by Gasteiger charge is -2.29. The van der Waals surface area contributed by atoms with Crippen LogP contribution in [0.2, 0.25) is 0 Å². The van der Waals surface area contributed by atoms with Crippen molar-refractivity contribution in [2.24, 2.45) is 0 Å². The van der Waals surface area contributed by atoms with Gasteiger partial charge in [0.1, 0.15) is 0 Å². The van der Waals surface area contributed by atoms with Crippen LogP contribution in [0, 0.1) is 11.3 Å². The van der Waals surface area contributed by atoms with Crippen molar-refractivity contribution in [2.75, 3.05) is 14.1 Å². The third kappa shape index (κ3) is 2.48. The SMILES string of the molecule is CN(C)C(C)(C)CC#N. The van der Waals surface area contributed by atoms with Crippen LogP contribution < -0.4 is 0 Å². The van der Waals surface area contributed by atoms with Crippen LogP contribution in [0.4, 0.5) is 0 Å². The summed E-state index contributed by atoms with van der Waals surface area (Å²) in [5, 5.41) is 8.37. The maximum absolute atomic E-state index is 8.37. The second-order valence-electron chi connectivity index (χ2n) is 3.04. The lowest BCUT2D eigenvalue weighted by Crippen LogP contribution is -2.37. The molecule has 0 saturated carbocycles. The summed E-state index contributed by atoms with van der Waals surface area (Å²) in [5.41, 5.74) is 0.0226. The minimum absolute atomic E-state index is 0.0226. The molecule has 0 radical (unpaired) electrons. The van der Waals surface area contributed by atoms with E-state index in [-0.39, 0.29) is 5.54 Å². The topological polar surface area (TPSA) is 27.0 Å². The summed E-state index contributed by atoms with van der Waals surface area (Å²) in [5.74, 6) is 0. The van der Waals surface area contributed by atoms with Gasteiger partial charge in [0.2, 0.25) is 0 Å². The van der Waals surface area contributed by atoms with Gasteiger partial charge in [-0.05, 0) is 27.9 Å². The Bertz CT molecular complexity index is 119. The summed E-state index contributed by atoms with van der Waals surface area (Å²) in [4.78, 5) is 2.05. The first-order valence-corrected chi connectivity index (χ1v) is 3.05. The molecule has 0 bridgehead atoms. The molecule has 0 aliphatic heterocycles. The quantitative estimate of drug-likeness (QED) is 0.556. The molecule has 0 atom stereocenters. The highest BCUT2D eigenvalue weighted by Gasteiger charge is 2.18. The number of nitrogens with zero attached hydrogens (tertiary/aromatic N) is 2. The van der Waals surface area contributed by atoms with Gasteiger partial charge < -0.3 is 4.90 Å². The molecule has 0 aromatic rings. The fourth-order valence-electron chi connectivity index (χ4n) is 0.352. The van der Waals surface area contributed by atoms with Gasteiger partial charge in [0.15, 0.2) is 0 Å². The molecule has 0 aliphatic carbocycles. The van der Waals surface area contributed by atoms with E-state index in [1.807, 2.05) is 14.1 Å². The lowest BCUT2D eigenvalue weighted by molar-refractivity contribution is 0.200. The van der Waals surface area contributed by atoms with Crippen molar-refractivity contribution in [3.05, 3.63) is 0 Å². The average molecular weight is 126 g/mol. The van der Waals surface area contributed by atoms with Gasteiger partial charge in [-0.3, -0.25) is 0 Å². The first kappa shape index (κ1) is 8.45. The minimum Gasteiger partial charge on any atom is -0.303 e. The molecule has 0 aliphatic rings. The summed E-state index contributed by atoms with van der Waals surface area (Å²) in [7, 11) is 3.97. The van der Waals surface area contributed by atoms with E-state index in [4.69, 9.17) is 5.26 Å². The highest BCUT2D eigenvalue weighted by molar-refractivity contribution is 4.87. The van der Waals surface area contributed by atoms with Gasteiger partial charge in [0.25, 0.3) is 0 Å². The highest BCUT2D eigenvalue weighted by atomic mass is 15.1. The smallest absolute Gasteiger partial charge is 0.0641 e. The van der Waals surface area contributed by atoms with E-state index in [0.29, 0.717) is 6.42 Å².